The number of nitrogens with two attached hydrogens (primary N) is 1. The average Bonchev–Trinajstić information content (AvgIpc) is 2.76. The number of rotatable bonds is 3. The fraction of sp³-hybridized carbons (Fsp3) is 0.438. The van der Waals surface area contributed by atoms with Crippen molar-refractivity contribution in [2.75, 3.05) is 6.54 Å². The second-order valence-electron chi connectivity index (χ2n) is 6.10. The Kier molecular flexibility index (Phi) is 3.76. The van der Waals surface area contributed by atoms with Crippen LogP contribution in [0.1, 0.15) is 37.6 Å². The Hall–Kier alpha value is -1.61. The SMILES string of the molecule is Cc1cc(C(C)(C)C)ccc1-c1cc(CCN)[nH]n1. The number of aromatic amines is 1. The van der Waals surface area contributed by atoms with Crippen LogP contribution in [-0.2, 0) is 11.8 Å². The van der Waals surface area contributed by atoms with Crippen LogP contribution in [0.3, 0.4) is 0 Å². The first-order chi connectivity index (χ1) is 8.91. The van der Waals surface area contributed by atoms with E-state index in [9.17, 15) is 0 Å². The third-order valence-corrected chi connectivity index (χ3v) is 3.41. The lowest BCUT2D eigenvalue weighted by Gasteiger charge is -2.20. The Bertz CT molecular complexity index is 562. The van der Waals surface area contributed by atoms with Crippen molar-refractivity contribution in [3.63, 3.8) is 0 Å². The molecular weight excluding hydrogens is 234 g/mol. The predicted octanol–water partition coefficient (Wildman–Crippen LogP) is 3.18. The molecule has 0 spiro atoms. The van der Waals surface area contributed by atoms with Crippen molar-refractivity contribution in [2.45, 2.75) is 39.5 Å². The summed E-state index contributed by atoms with van der Waals surface area (Å²) < 4.78 is 0. The van der Waals surface area contributed by atoms with Gasteiger partial charge >= 0.3 is 0 Å². The molecule has 0 aliphatic carbocycles. The smallest absolute Gasteiger partial charge is 0.0926 e. The van der Waals surface area contributed by atoms with Crippen LogP contribution in [0, 0.1) is 6.92 Å². The Morgan fingerprint density at radius 1 is 1.21 bits per heavy atom. The Balaban J connectivity index is 2.35. The van der Waals surface area contributed by atoms with Gasteiger partial charge in [-0.2, -0.15) is 5.10 Å². The van der Waals surface area contributed by atoms with Gasteiger partial charge in [0.05, 0.1) is 5.69 Å². The Morgan fingerprint density at radius 3 is 2.53 bits per heavy atom. The predicted molar refractivity (Wildman–Crippen MR) is 80.2 cm³/mol. The van der Waals surface area contributed by atoms with Crippen molar-refractivity contribution in [1.82, 2.24) is 10.2 Å². The molecule has 1 aromatic carbocycles. The third kappa shape index (κ3) is 3.04. The molecule has 0 saturated carbocycles. The fourth-order valence-corrected chi connectivity index (χ4v) is 2.20. The number of nitrogens with one attached hydrogen (secondary N) is 1. The van der Waals surface area contributed by atoms with Crippen molar-refractivity contribution in [2.24, 2.45) is 5.73 Å². The van der Waals surface area contributed by atoms with Crippen LogP contribution in [0.4, 0.5) is 0 Å². The van der Waals surface area contributed by atoms with Gasteiger partial charge < -0.3 is 5.73 Å². The van der Waals surface area contributed by atoms with Crippen LogP contribution in [0.25, 0.3) is 11.3 Å². The summed E-state index contributed by atoms with van der Waals surface area (Å²) in [5.74, 6) is 0. The van der Waals surface area contributed by atoms with Gasteiger partial charge in [-0.25, -0.2) is 0 Å². The molecule has 0 atom stereocenters. The van der Waals surface area contributed by atoms with Gasteiger partial charge in [-0.1, -0.05) is 39.0 Å². The molecule has 0 fully saturated rings. The van der Waals surface area contributed by atoms with Gasteiger partial charge in [-0.05, 0) is 36.1 Å². The maximum Gasteiger partial charge on any atom is 0.0926 e. The van der Waals surface area contributed by atoms with Gasteiger partial charge in [0.1, 0.15) is 0 Å². The van der Waals surface area contributed by atoms with Gasteiger partial charge in [0, 0.05) is 17.7 Å². The first-order valence-electron chi connectivity index (χ1n) is 6.77. The van der Waals surface area contributed by atoms with E-state index < -0.39 is 0 Å². The molecule has 0 aliphatic rings. The number of benzene rings is 1. The Morgan fingerprint density at radius 2 is 1.95 bits per heavy atom. The van der Waals surface area contributed by atoms with Crippen molar-refractivity contribution in [3.05, 3.63) is 41.1 Å². The largest absolute Gasteiger partial charge is 0.330 e. The van der Waals surface area contributed by atoms with Gasteiger partial charge in [0.2, 0.25) is 0 Å². The molecule has 1 heterocycles. The van der Waals surface area contributed by atoms with E-state index in [1.54, 1.807) is 0 Å². The summed E-state index contributed by atoms with van der Waals surface area (Å²) in [7, 11) is 0. The van der Waals surface area contributed by atoms with Gasteiger partial charge in [0.25, 0.3) is 0 Å². The lowest BCUT2D eigenvalue weighted by Crippen LogP contribution is -2.11. The quantitative estimate of drug-likeness (QED) is 0.887. The number of hydrogen-bond donors (Lipinski definition) is 2. The lowest BCUT2D eigenvalue weighted by molar-refractivity contribution is 0.590. The average molecular weight is 257 g/mol. The second kappa shape index (κ2) is 5.17. The molecule has 0 aliphatic heterocycles. The minimum absolute atomic E-state index is 0.180. The molecule has 3 nitrogen and oxygen atoms in total. The molecule has 2 aromatic rings. The summed E-state index contributed by atoms with van der Waals surface area (Å²) in [4.78, 5) is 0. The summed E-state index contributed by atoms with van der Waals surface area (Å²) in [6.45, 7) is 9.48. The maximum absolute atomic E-state index is 5.56. The molecule has 3 N–H and O–H groups in total. The zero-order valence-corrected chi connectivity index (χ0v) is 12.2. The minimum Gasteiger partial charge on any atom is -0.330 e. The summed E-state index contributed by atoms with van der Waals surface area (Å²) in [6.07, 6.45) is 0.839. The zero-order chi connectivity index (χ0) is 14.0. The second-order valence-corrected chi connectivity index (χ2v) is 6.10. The van der Waals surface area contributed by atoms with Crippen molar-refractivity contribution >= 4 is 0 Å². The molecule has 0 unspecified atom stereocenters. The van der Waals surface area contributed by atoms with Crippen LogP contribution in [0.5, 0.6) is 0 Å². The Labute approximate surface area is 115 Å². The summed E-state index contributed by atoms with van der Waals surface area (Å²) >= 11 is 0. The monoisotopic (exact) mass is 257 g/mol. The van der Waals surface area contributed by atoms with Crippen molar-refractivity contribution in [1.29, 1.82) is 0 Å². The number of aromatic nitrogens is 2. The van der Waals surface area contributed by atoms with E-state index in [2.05, 4.69) is 62.2 Å². The van der Waals surface area contributed by atoms with E-state index in [4.69, 9.17) is 5.73 Å². The normalized spacial score (nSPS) is 11.8. The molecule has 0 bridgehead atoms. The highest BCUT2D eigenvalue weighted by Crippen LogP contribution is 2.28. The van der Waals surface area contributed by atoms with E-state index in [1.807, 2.05) is 0 Å². The van der Waals surface area contributed by atoms with Gasteiger partial charge in [0.15, 0.2) is 0 Å². The van der Waals surface area contributed by atoms with E-state index in [-0.39, 0.29) is 5.41 Å². The summed E-state index contributed by atoms with van der Waals surface area (Å²) in [5, 5.41) is 7.42. The maximum atomic E-state index is 5.56. The minimum atomic E-state index is 0.180. The number of hydrogen-bond acceptors (Lipinski definition) is 2. The van der Waals surface area contributed by atoms with Crippen molar-refractivity contribution in [3.8, 4) is 11.3 Å². The van der Waals surface area contributed by atoms with Crippen LogP contribution in [0.2, 0.25) is 0 Å². The molecular formula is C16H23N3. The van der Waals surface area contributed by atoms with Gasteiger partial charge in [-0.3, -0.25) is 5.10 Å². The first kappa shape index (κ1) is 13.8. The van der Waals surface area contributed by atoms with Crippen LogP contribution < -0.4 is 5.73 Å². The van der Waals surface area contributed by atoms with E-state index in [0.29, 0.717) is 6.54 Å². The lowest BCUT2D eigenvalue weighted by atomic mass is 9.85. The number of nitrogens with zero attached hydrogens (tertiary/aromatic N) is 1. The fourth-order valence-electron chi connectivity index (χ4n) is 2.20. The molecule has 3 heteroatoms. The molecule has 19 heavy (non-hydrogen) atoms. The van der Waals surface area contributed by atoms with Crippen molar-refractivity contribution < 1.29 is 0 Å². The summed E-state index contributed by atoms with van der Waals surface area (Å²) in [6, 6.07) is 8.70. The zero-order valence-electron chi connectivity index (χ0n) is 12.2. The van der Waals surface area contributed by atoms with Gasteiger partial charge in [-0.15, -0.1) is 0 Å². The highest BCUT2D eigenvalue weighted by atomic mass is 15.1. The first-order valence-corrected chi connectivity index (χ1v) is 6.77. The molecule has 2 rings (SSSR count). The molecule has 0 saturated heterocycles. The van der Waals surface area contributed by atoms with Crippen LogP contribution >= 0.6 is 0 Å². The highest BCUT2D eigenvalue weighted by molar-refractivity contribution is 5.64. The molecule has 0 radical (unpaired) electrons. The third-order valence-electron chi connectivity index (χ3n) is 3.41. The number of aryl methyl sites for hydroxylation is 1. The highest BCUT2D eigenvalue weighted by Gasteiger charge is 2.15. The van der Waals surface area contributed by atoms with Crippen LogP contribution in [0.15, 0.2) is 24.3 Å². The van der Waals surface area contributed by atoms with E-state index in [0.717, 1.165) is 17.8 Å². The standard InChI is InChI=1S/C16H23N3/c1-11-9-12(16(2,3)4)5-6-14(11)15-10-13(7-8-17)18-19-15/h5-6,9-10H,7-8,17H2,1-4H3,(H,18,19). The summed E-state index contributed by atoms with van der Waals surface area (Å²) in [5.41, 5.74) is 11.6. The van der Waals surface area contributed by atoms with E-state index >= 15 is 0 Å². The number of H-pyrrole nitrogens is 1. The topological polar surface area (TPSA) is 54.7 Å². The molecule has 0 amide bonds. The molecule has 102 valence electrons. The molecule has 1 aromatic heterocycles. The van der Waals surface area contributed by atoms with E-state index in [1.165, 1.54) is 16.7 Å². The van der Waals surface area contributed by atoms with Crippen LogP contribution in [-0.4, -0.2) is 16.7 Å².